The Morgan fingerprint density at radius 1 is 1.58 bits per heavy atom. The van der Waals surface area contributed by atoms with Gasteiger partial charge in [0.1, 0.15) is 5.75 Å². The number of carboxylic acids is 1. The molecule has 4 heteroatoms. The lowest BCUT2D eigenvalue weighted by Crippen LogP contribution is -2.32. The molecule has 1 N–H and O–H groups in total. The second kappa shape index (κ2) is 6.83. The molecule has 0 saturated carbocycles. The van der Waals surface area contributed by atoms with Crippen molar-refractivity contribution in [3.05, 3.63) is 36.4 Å². The maximum atomic E-state index is 11.0. The second-order valence-corrected chi connectivity index (χ2v) is 4.61. The van der Waals surface area contributed by atoms with Crippen LogP contribution in [0.4, 0.5) is 5.69 Å². The monoisotopic (exact) mass is 263 g/mol. The highest BCUT2D eigenvalue weighted by Crippen LogP contribution is 2.29. The van der Waals surface area contributed by atoms with Gasteiger partial charge in [-0.05, 0) is 24.6 Å². The van der Waals surface area contributed by atoms with Crippen LogP contribution < -0.4 is 9.64 Å². The van der Waals surface area contributed by atoms with Gasteiger partial charge >= 0.3 is 5.97 Å². The first-order chi connectivity index (χ1) is 8.99. The van der Waals surface area contributed by atoms with Crippen molar-refractivity contribution in [2.75, 3.05) is 25.1 Å². The number of hydrogen-bond donors (Lipinski definition) is 1. The highest BCUT2D eigenvalue weighted by atomic mass is 16.5. The molecule has 0 bridgehead atoms. The van der Waals surface area contributed by atoms with Crippen molar-refractivity contribution in [2.45, 2.75) is 13.8 Å². The molecule has 0 aliphatic carbocycles. The van der Waals surface area contributed by atoms with E-state index < -0.39 is 11.9 Å². The Morgan fingerprint density at radius 3 is 2.79 bits per heavy atom. The minimum Gasteiger partial charge on any atom is -0.495 e. The topological polar surface area (TPSA) is 49.8 Å². The molecule has 0 saturated heterocycles. The molecule has 1 aromatic rings. The Labute approximate surface area is 114 Å². The zero-order valence-electron chi connectivity index (χ0n) is 11.7. The summed E-state index contributed by atoms with van der Waals surface area (Å²) >= 11 is 0. The zero-order chi connectivity index (χ0) is 14.4. The minimum absolute atomic E-state index is 0.418. The number of carboxylic acid groups (broad SMARTS) is 1. The number of anilines is 1. The van der Waals surface area contributed by atoms with Crippen LogP contribution >= 0.6 is 0 Å². The highest BCUT2D eigenvalue weighted by Gasteiger charge is 2.18. The smallest absolute Gasteiger partial charge is 0.308 e. The van der Waals surface area contributed by atoms with Crippen LogP contribution in [0.25, 0.3) is 0 Å². The molecule has 4 nitrogen and oxygen atoms in total. The van der Waals surface area contributed by atoms with Crippen LogP contribution in [0, 0.1) is 12.8 Å². The predicted molar refractivity (Wildman–Crippen MR) is 76.9 cm³/mol. The van der Waals surface area contributed by atoms with E-state index in [9.17, 15) is 4.79 Å². The molecule has 1 aromatic carbocycles. The molecule has 104 valence electrons. The summed E-state index contributed by atoms with van der Waals surface area (Å²) in [6, 6.07) is 5.86. The zero-order valence-corrected chi connectivity index (χ0v) is 11.7. The summed E-state index contributed by atoms with van der Waals surface area (Å²) in [6.45, 7) is 8.42. The molecule has 0 aliphatic heterocycles. The Bertz CT molecular complexity index is 457. The molecule has 1 rings (SSSR count). The number of aryl methyl sites for hydroxylation is 1. The first kappa shape index (κ1) is 15.1. The number of nitrogens with zero attached hydrogens (tertiary/aromatic N) is 1. The van der Waals surface area contributed by atoms with Gasteiger partial charge in [0.2, 0.25) is 0 Å². The van der Waals surface area contributed by atoms with Crippen molar-refractivity contribution in [1.29, 1.82) is 0 Å². The van der Waals surface area contributed by atoms with Gasteiger partial charge in [0.05, 0.1) is 18.7 Å². The fourth-order valence-corrected chi connectivity index (χ4v) is 1.88. The van der Waals surface area contributed by atoms with Crippen molar-refractivity contribution < 1.29 is 14.6 Å². The number of aliphatic carboxylic acids is 1. The summed E-state index contributed by atoms with van der Waals surface area (Å²) in [7, 11) is 1.61. The van der Waals surface area contributed by atoms with E-state index in [1.165, 1.54) is 0 Å². The summed E-state index contributed by atoms with van der Waals surface area (Å²) < 4.78 is 5.35. The lowest BCUT2D eigenvalue weighted by atomic mass is 10.1. The molecule has 0 radical (unpaired) electrons. The normalized spacial score (nSPS) is 11.7. The lowest BCUT2D eigenvalue weighted by Gasteiger charge is -2.27. The molecule has 0 spiro atoms. The third kappa shape index (κ3) is 4.02. The molecule has 0 aliphatic rings. The van der Waals surface area contributed by atoms with E-state index in [0.29, 0.717) is 13.1 Å². The van der Waals surface area contributed by atoms with Crippen molar-refractivity contribution >= 4 is 11.7 Å². The van der Waals surface area contributed by atoms with E-state index in [2.05, 4.69) is 6.58 Å². The molecular weight excluding hydrogens is 242 g/mol. The van der Waals surface area contributed by atoms with Gasteiger partial charge in [0.15, 0.2) is 0 Å². The van der Waals surface area contributed by atoms with Crippen LogP contribution in [0.2, 0.25) is 0 Å². The Morgan fingerprint density at radius 2 is 2.26 bits per heavy atom. The number of hydrogen-bond acceptors (Lipinski definition) is 3. The highest BCUT2D eigenvalue weighted by molar-refractivity contribution is 5.71. The van der Waals surface area contributed by atoms with Crippen LogP contribution in [0.5, 0.6) is 5.75 Å². The van der Waals surface area contributed by atoms with Gasteiger partial charge in [-0.1, -0.05) is 19.1 Å². The molecule has 19 heavy (non-hydrogen) atoms. The Balaban J connectivity index is 3.07. The third-order valence-corrected chi connectivity index (χ3v) is 2.94. The summed E-state index contributed by atoms with van der Waals surface area (Å²) in [6.07, 6.45) is 1.76. The fraction of sp³-hybridized carbons (Fsp3) is 0.400. The van der Waals surface area contributed by atoms with E-state index in [-0.39, 0.29) is 0 Å². The van der Waals surface area contributed by atoms with E-state index in [0.717, 1.165) is 17.0 Å². The maximum absolute atomic E-state index is 11.0. The van der Waals surface area contributed by atoms with Gasteiger partial charge in [-0.2, -0.15) is 0 Å². The van der Waals surface area contributed by atoms with Gasteiger partial charge in [0, 0.05) is 13.1 Å². The first-order valence-electron chi connectivity index (χ1n) is 6.22. The quantitative estimate of drug-likeness (QED) is 0.768. The SMILES string of the molecule is C=CCN(CC(C)C(=O)O)c1cc(C)ccc1OC. The fourth-order valence-electron chi connectivity index (χ4n) is 1.88. The molecule has 1 atom stereocenters. The molecule has 1 unspecified atom stereocenters. The van der Waals surface area contributed by atoms with Crippen molar-refractivity contribution in [2.24, 2.45) is 5.92 Å². The van der Waals surface area contributed by atoms with Gasteiger partial charge in [-0.25, -0.2) is 0 Å². The summed E-state index contributed by atoms with van der Waals surface area (Å²) in [5, 5.41) is 9.04. The van der Waals surface area contributed by atoms with Crippen LogP contribution in [0.1, 0.15) is 12.5 Å². The number of carbonyl (C=O) groups is 1. The Kier molecular flexibility index (Phi) is 5.42. The number of rotatable bonds is 7. The van der Waals surface area contributed by atoms with Gasteiger partial charge in [0.25, 0.3) is 0 Å². The van der Waals surface area contributed by atoms with E-state index in [1.807, 2.05) is 30.0 Å². The van der Waals surface area contributed by atoms with Crippen LogP contribution in [0.15, 0.2) is 30.9 Å². The molecule has 0 amide bonds. The average Bonchev–Trinajstić information content (AvgIpc) is 2.37. The van der Waals surface area contributed by atoms with Crippen LogP contribution in [-0.2, 0) is 4.79 Å². The third-order valence-electron chi connectivity index (χ3n) is 2.94. The maximum Gasteiger partial charge on any atom is 0.308 e. The van der Waals surface area contributed by atoms with Gasteiger partial charge < -0.3 is 14.7 Å². The summed E-state index contributed by atoms with van der Waals surface area (Å²) in [5.74, 6) is -0.518. The first-order valence-corrected chi connectivity index (χ1v) is 6.22. The lowest BCUT2D eigenvalue weighted by molar-refractivity contribution is -0.140. The van der Waals surface area contributed by atoms with E-state index in [4.69, 9.17) is 9.84 Å². The van der Waals surface area contributed by atoms with Crippen molar-refractivity contribution in [1.82, 2.24) is 0 Å². The molecular formula is C15H21NO3. The number of benzene rings is 1. The molecule has 0 heterocycles. The second-order valence-electron chi connectivity index (χ2n) is 4.61. The Hall–Kier alpha value is -1.97. The van der Waals surface area contributed by atoms with Gasteiger partial charge in [-0.15, -0.1) is 6.58 Å². The van der Waals surface area contributed by atoms with Gasteiger partial charge in [-0.3, -0.25) is 4.79 Å². The average molecular weight is 263 g/mol. The summed E-state index contributed by atoms with van der Waals surface area (Å²) in [4.78, 5) is 13.0. The van der Waals surface area contributed by atoms with E-state index >= 15 is 0 Å². The molecule has 0 fully saturated rings. The van der Waals surface area contributed by atoms with Crippen molar-refractivity contribution in [3.63, 3.8) is 0 Å². The number of ether oxygens (including phenoxy) is 1. The van der Waals surface area contributed by atoms with Crippen LogP contribution in [-0.4, -0.2) is 31.3 Å². The largest absolute Gasteiger partial charge is 0.495 e. The predicted octanol–water partition coefficient (Wildman–Crippen LogP) is 2.72. The van der Waals surface area contributed by atoms with Crippen molar-refractivity contribution in [3.8, 4) is 5.75 Å². The molecule has 0 aromatic heterocycles. The number of methoxy groups -OCH3 is 1. The van der Waals surface area contributed by atoms with E-state index in [1.54, 1.807) is 20.1 Å². The summed E-state index contributed by atoms with van der Waals surface area (Å²) in [5.41, 5.74) is 2.00. The minimum atomic E-state index is -0.805. The standard InChI is InChI=1S/C15H21NO3/c1-5-8-16(10-12(3)15(17)18)13-9-11(2)6-7-14(13)19-4/h5-7,9,12H,1,8,10H2,2-4H3,(H,17,18). The van der Waals surface area contributed by atoms with Crippen LogP contribution in [0.3, 0.4) is 0 Å².